The zero-order valence-electron chi connectivity index (χ0n) is 13.5. The number of hydrogen-bond acceptors (Lipinski definition) is 5. The van der Waals surface area contributed by atoms with E-state index < -0.39 is 21.4 Å². The summed E-state index contributed by atoms with van der Waals surface area (Å²) in [6.07, 6.45) is 0.831. The van der Waals surface area contributed by atoms with Gasteiger partial charge in [-0.05, 0) is 44.4 Å². The van der Waals surface area contributed by atoms with E-state index in [4.69, 9.17) is 9.26 Å². The lowest BCUT2D eigenvalue weighted by Gasteiger charge is -2.38. The van der Waals surface area contributed by atoms with Gasteiger partial charge in [0.05, 0.1) is 5.54 Å². The average Bonchev–Trinajstić information content (AvgIpc) is 2.87. The van der Waals surface area contributed by atoms with E-state index in [-0.39, 0.29) is 10.7 Å². The van der Waals surface area contributed by atoms with Crippen molar-refractivity contribution < 1.29 is 22.1 Å². The Hall–Kier alpha value is -1.77. The van der Waals surface area contributed by atoms with Crippen LogP contribution in [0.25, 0.3) is 0 Å². The molecule has 1 fully saturated rings. The molecule has 1 aromatic heterocycles. The normalized spacial score (nSPS) is 17.8. The van der Waals surface area contributed by atoms with Gasteiger partial charge in [-0.3, -0.25) is 0 Å². The number of nitrogens with one attached hydrogen (secondary N) is 1. The first-order valence-corrected chi connectivity index (χ1v) is 9.13. The van der Waals surface area contributed by atoms with Crippen LogP contribution in [0, 0.1) is 19.7 Å². The van der Waals surface area contributed by atoms with E-state index in [1.807, 2.05) is 0 Å². The molecule has 0 bridgehead atoms. The highest BCUT2D eigenvalue weighted by Crippen LogP contribution is 2.35. The van der Waals surface area contributed by atoms with Crippen molar-refractivity contribution in [1.82, 2.24) is 9.88 Å². The van der Waals surface area contributed by atoms with E-state index >= 15 is 0 Å². The molecular weight excluding hydrogens is 335 g/mol. The van der Waals surface area contributed by atoms with Gasteiger partial charge in [0.2, 0.25) is 10.0 Å². The Bertz CT molecular complexity index is 822. The summed E-state index contributed by atoms with van der Waals surface area (Å²) in [6, 6.07) is 6.00. The summed E-state index contributed by atoms with van der Waals surface area (Å²) in [5.41, 5.74) is -0.0439. The van der Waals surface area contributed by atoms with Crippen molar-refractivity contribution in [3.63, 3.8) is 0 Å². The van der Waals surface area contributed by atoms with E-state index in [9.17, 15) is 12.8 Å². The van der Waals surface area contributed by atoms with Crippen molar-refractivity contribution in [2.24, 2.45) is 0 Å². The summed E-state index contributed by atoms with van der Waals surface area (Å²) < 4.78 is 52.6. The first-order chi connectivity index (χ1) is 11.3. The molecule has 3 rings (SSSR count). The van der Waals surface area contributed by atoms with Gasteiger partial charge in [0.1, 0.15) is 16.4 Å². The van der Waals surface area contributed by atoms with Crippen LogP contribution in [0.15, 0.2) is 33.7 Å². The molecule has 2 heterocycles. The lowest BCUT2D eigenvalue weighted by atomic mass is 9.84. The predicted octanol–water partition coefficient (Wildman–Crippen LogP) is 2.41. The van der Waals surface area contributed by atoms with Gasteiger partial charge in [-0.15, -0.1) is 0 Å². The second-order valence-corrected chi connectivity index (χ2v) is 7.58. The second kappa shape index (κ2) is 6.27. The molecule has 0 radical (unpaired) electrons. The first-order valence-electron chi connectivity index (χ1n) is 7.65. The fourth-order valence-corrected chi connectivity index (χ4v) is 4.90. The number of aryl methyl sites for hydroxylation is 2. The quantitative estimate of drug-likeness (QED) is 0.912. The largest absolute Gasteiger partial charge is 0.381 e. The monoisotopic (exact) mass is 354 g/mol. The van der Waals surface area contributed by atoms with Crippen LogP contribution in [0.2, 0.25) is 0 Å². The smallest absolute Gasteiger partial charge is 0.246 e. The van der Waals surface area contributed by atoms with Crippen molar-refractivity contribution >= 4 is 10.0 Å². The molecule has 6 nitrogen and oxygen atoms in total. The van der Waals surface area contributed by atoms with Crippen LogP contribution in [-0.4, -0.2) is 26.8 Å². The van der Waals surface area contributed by atoms with E-state index in [1.165, 1.54) is 12.1 Å². The van der Waals surface area contributed by atoms with Crippen molar-refractivity contribution in [3.8, 4) is 0 Å². The van der Waals surface area contributed by atoms with E-state index in [1.54, 1.807) is 26.0 Å². The number of ether oxygens (including phenoxy) is 1. The molecule has 8 heteroatoms. The van der Waals surface area contributed by atoms with Crippen LogP contribution in [0.3, 0.4) is 0 Å². The molecular formula is C16H19FN2O4S. The minimum Gasteiger partial charge on any atom is -0.381 e. The van der Waals surface area contributed by atoms with Crippen LogP contribution in [0.1, 0.15) is 29.9 Å². The van der Waals surface area contributed by atoms with E-state index in [2.05, 4.69) is 9.88 Å². The molecule has 1 aliphatic heterocycles. The summed E-state index contributed by atoms with van der Waals surface area (Å²) in [4.78, 5) is 0.0322. The van der Waals surface area contributed by atoms with Crippen LogP contribution in [-0.2, 0) is 20.3 Å². The lowest BCUT2D eigenvalue weighted by Crippen LogP contribution is -2.49. The third-order valence-electron chi connectivity index (χ3n) is 4.29. The molecule has 1 saturated heterocycles. The molecule has 1 aliphatic rings. The van der Waals surface area contributed by atoms with Gasteiger partial charge < -0.3 is 9.26 Å². The molecule has 0 aliphatic carbocycles. The Labute approximate surface area is 140 Å². The summed E-state index contributed by atoms with van der Waals surface area (Å²) in [7, 11) is -3.88. The zero-order chi connectivity index (χ0) is 17.4. The minimum atomic E-state index is -3.88. The maximum Gasteiger partial charge on any atom is 0.246 e. The van der Waals surface area contributed by atoms with Crippen LogP contribution < -0.4 is 4.72 Å². The first kappa shape index (κ1) is 17.1. The fourth-order valence-electron chi connectivity index (χ4n) is 3.12. The van der Waals surface area contributed by atoms with E-state index in [0.29, 0.717) is 37.3 Å². The summed E-state index contributed by atoms with van der Waals surface area (Å²) in [5, 5.41) is 3.71. The number of benzene rings is 1. The highest BCUT2D eigenvalue weighted by molar-refractivity contribution is 7.89. The van der Waals surface area contributed by atoms with Gasteiger partial charge in [-0.25, -0.2) is 17.5 Å². The van der Waals surface area contributed by atoms with Crippen molar-refractivity contribution in [2.75, 3.05) is 13.2 Å². The average molecular weight is 354 g/mol. The molecule has 0 amide bonds. The molecule has 1 N–H and O–H groups in total. The van der Waals surface area contributed by atoms with Gasteiger partial charge >= 0.3 is 0 Å². The van der Waals surface area contributed by atoms with Crippen molar-refractivity contribution in [3.05, 3.63) is 47.1 Å². The minimum absolute atomic E-state index is 0.0322. The molecule has 2 aromatic rings. The molecule has 0 spiro atoms. The Morgan fingerprint density at radius 3 is 2.54 bits per heavy atom. The second-order valence-electron chi connectivity index (χ2n) is 5.96. The predicted molar refractivity (Wildman–Crippen MR) is 84.4 cm³/mol. The van der Waals surface area contributed by atoms with E-state index in [0.717, 1.165) is 0 Å². The summed E-state index contributed by atoms with van der Waals surface area (Å²) in [6.45, 7) is 3.90. The molecule has 0 saturated carbocycles. The molecule has 24 heavy (non-hydrogen) atoms. The van der Waals surface area contributed by atoms with Crippen molar-refractivity contribution in [1.29, 1.82) is 0 Å². The number of rotatable bonds is 4. The number of nitrogens with zero attached hydrogens (tertiary/aromatic N) is 1. The molecule has 130 valence electrons. The van der Waals surface area contributed by atoms with Gasteiger partial charge in [-0.1, -0.05) is 17.3 Å². The topological polar surface area (TPSA) is 81.4 Å². The molecule has 0 atom stereocenters. The maximum atomic E-state index is 13.7. The lowest BCUT2D eigenvalue weighted by molar-refractivity contribution is 0.0458. The number of aromatic nitrogens is 1. The summed E-state index contributed by atoms with van der Waals surface area (Å²) >= 11 is 0. The SMILES string of the molecule is Cc1noc(C)c1S(=O)(=O)NC1(c2cccc(F)c2)CCOCC1. The number of halogens is 1. The Morgan fingerprint density at radius 2 is 1.96 bits per heavy atom. The molecule has 1 aromatic carbocycles. The van der Waals surface area contributed by atoms with Gasteiger partial charge in [-0.2, -0.15) is 0 Å². The Balaban J connectivity index is 2.05. The van der Waals surface area contributed by atoms with Crippen LogP contribution >= 0.6 is 0 Å². The Morgan fingerprint density at radius 1 is 1.25 bits per heavy atom. The summed E-state index contributed by atoms with van der Waals surface area (Å²) in [5.74, 6) is -0.184. The number of hydrogen-bond donors (Lipinski definition) is 1. The van der Waals surface area contributed by atoms with Crippen LogP contribution in [0.4, 0.5) is 4.39 Å². The third kappa shape index (κ3) is 3.09. The highest BCUT2D eigenvalue weighted by atomic mass is 32.2. The number of sulfonamides is 1. The highest BCUT2D eigenvalue weighted by Gasteiger charge is 2.40. The fraction of sp³-hybridized carbons (Fsp3) is 0.438. The maximum absolute atomic E-state index is 13.7. The Kier molecular flexibility index (Phi) is 4.46. The standard InChI is InChI=1S/C16H19FN2O4S/c1-11-15(12(2)23-18-11)24(20,21)19-16(6-8-22-9-7-16)13-4-3-5-14(17)10-13/h3-5,10,19H,6-9H2,1-2H3. The van der Waals surface area contributed by atoms with Gasteiger partial charge in [0, 0.05) is 13.2 Å². The molecule has 0 unspecified atom stereocenters. The third-order valence-corrected chi connectivity index (χ3v) is 6.07. The van der Waals surface area contributed by atoms with Gasteiger partial charge in [0.15, 0.2) is 5.76 Å². The zero-order valence-corrected chi connectivity index (χ0v) is 14.3. The van der Waals surface area contributed by atoms with Crippen molar-refractivity contribution in [2.45, 2.75) is 37.1 Å². The van der Waals surface area contributed by atoms with Crippen LogP contribution in [0.5, 0.6) is 0 Å². The van der Waals surface area contributed by atoms with Gasteiger partial charge in [0.25, 0.3) is 0 Å².